The third-order valence-electron chi connectivity index (χ3n) is 7.09. The number of likely N-dealkylation sites (tertiary alicyclic amines) is 1. The van der Waals surface area contributed by atoms with Crippen molar-refractivity contribution in [3.05, 3.63) is 83.8 Å². The quantitative estimate of drug-likeness (QED) is 0.240. The van der Waals surface area contributed by atoms with Gasteiger partial charge in [0, 0.05) is 12.7 Å². The van der Waals surface area contributed by atoms with Crippen molar-refractivity contribution in [3.8, 4) is 0 Å². The third kappa shape index (κ3) is 7.37. The predicted molar refractivity (Wildman–Crippen MR) is 153 cm³/mol. The molecule has 41 heavy (non-hydrogen) atoms. The number of aromatic amines is 1. The number of nitrogens with zero attached hydrogens (tertiary/aromatic N) is 2. The predicted octanol–water partition coefficient (Wildman–Crippen LogP) is 2.41. The number of imidazole rings is 1. The summed E-state index contributed by atoms with van der Waals surface area (Å²) in [5, 5.41) is 15.1. The lowest BCUT2D eigenvalue weighted by atomic mass is 9.96. The van der Waals surface area contributed by atoms with Gasteiger partial charge in [-0.15, -0.1) is 0 Å². The molecule has 3 unspecified atom stereocenters. The molecule has 3 amide bonds. The van der Waals surface area contributed by atoms with Crippen molar-refractivity contribution in [2.45, 2.75) is 63.1 Å². The number of anilines is 1. The van der Waals surface area contributed by atoms with Gasteiger partial charge in [0.25, 0.3) is 0 Å². The maximum Gasteiger partial charge on any atom is 0.326 e. The van der Waals surface area contributed by atoms with E-state index in [0.717, 1.165) is 5.56 Å². The monoisotopic (exact) mass is 560 g/mol. The zero-order chi connectivity index (χ0) is 29.6. The number of carboxylic acid groups (broad SMARTS) is 1. The van der Waals surface area contributed by atoms with Gasteiger partial charge in [-0.1, -0.05) is 60.7 Å². The summed E-state index contributed by atoms with van der Waals surface area (Å²) >= 11 is 0. The summed E-state index contributed by atoms with van der Waals surface area (Å²) < 4.78 is 0. The Labute approximate surface area is 238 Å². The van der Waals surface area contributed by atoms with E-state index in [1.165, 1.54) is 11.1 Å². The van der Waals surface area contributed by atoms with Crippen LogP contribution in [0.1, 0.15) is 56.0 Å². The molecular formula is C30H36N6O5. The molecule has 2 aromatic carbocycles. The van der Waals surface area contributed by atoms with Crippen molar-refractivity contribution in [3.63, 3.8) is 0 Å². The van der Waals surface area contributed by atoms with Crippen LogP contribution in [0, 0.1) is 0 Å². The highest BCUT2D eigenvalue weighted by Gasteiger charge is 2.39. The van der Waals surface area contributed by atoms with Crippen LogP contribution < -0.4 is 16.4 Å². The van der Waals surface area contributed by atoms with Crippen LogP contribution in [-0.4, -0.2) is 67.8 Å². The Kier molecular flexibility index (Phi) is 9.18. The second-order valence-electron chi connectivity index (χ2n) is 10.8. The summed E-state index contributed by atoms with van der Waals surface area (Å²) in [6.45, 7) is 3.46. The van der Waals surface area contributed by atoms with Gasteiger partial charge in [-0.25, -0.2) is 9.78 Å². The van der Waals surface area contributed by atoms with Gasteiger partial charge in [0.2, 0.25) is 17.7 Å². The van der Waals surface area contributed by atoms with Crippen LogP contribution in [0.5, 0.6) is 0 Å². The fraction of sp³-hybridized carbons (Fsp3) is 0.367. The van der Waals surface area contributed by atoms with Gasteiger partial charge in [-0.2, -0.15) is 0 Å². The standard InChI is InChI=1S/C30H36N6O5/c1-30(2,31)29(41)33-21(16-15-19-10-5-3-6-11-19)26(37)35-23-18-32-25(34-23)24(20-12-7-4-8-13-20)27(38)36-17-9-14-22(36)28(39)40/h3-8,10-13,18,21-22,24H,9,14-17,31H2,1-2H3,(H,32,34)(H,33,41)(H,35,37)(H,39,40). The smallest absolute Gasteiger partial charge is 0.326 e. The van der Waals surface area contributed by atoms with Gasteiger partial charge in [-0.05, 0) is 50.7 Å². The highest BCUT2D eigenvalue weighted by molar-refractivity contribution is 5.98. The largest absolute Gasteiger partial charge is 0.480 e. The molecule has 1 fully saturated rings. The molecule has 0 spiro atoms. The van der Waals surface area contributed by atoms with Crippen LogP contribution in [0.15, 0.2) is 66.9 Å². The van der Waals surface area contributed by atoms with Gasteiger partial charge < -0.3 is 31.4 Å². The number of nitrogens with one attached hydrogen (secondary N) is 3. The summed E-state index contributed by atoms with van der Waals surface area (Å²) in [5.74, 6) is -2.84. The molecule has 0 saturated carbocycles. The lowest BCUT2D eigenvalue weighted by Gasteiger charge is -2.26. The van der Waals surface area contributed by atoms with Crippen molar-refractivity contribution in [2.75, 3.05) is 11.9 Å². The number of rotatable bonds is 11. The molecule has 2 heterocycles. The molecule has 3 aromatic rings. The fourth-order valence-electron chi connectivity index (χ4n) is 4.85. The number of aromatic nitrogens is 2. The Morgan fingerprint density at radius 1 is 1.10 bits per heavy atom. The Hall–Kier alpha value is -4.51. The Bertz CT molecular complexity index is 1370. The topological polar surface area (TPSA) is 171 Å². The zero-order valence-corrected chi connectivity index (χ0v) is 23.2. The lowest BCUT2D eigenvalue weighted by molar-refractivity contribution is -0.148. The number of aryl methyl sites for hydroxylation is 1. The molecule has 1 saturated heterocycles. The van der Waals surface area contributed by atoms with Gasteiger partial charge in [0.1, 0.15) is 23.8 Å². The third-order valence-corrected chi connectivity index (χ3v) is 7.09. The first kappa shape index (κ1) is 29.5. The fourth-order valence-corrected chi connectivity index (χ4v) is 4.85. The van der Waals surface area contributed by atoms with Crippen molar-refractivity contribution in [1.29, 1.82) is 0 Å². The van der Waals surface area contributed by atoms with E-state index in [0.29, 0.717) is 37.8 Å². The van der Waals surface area contributed by atoms with Crippen molar-refractivity contribution >= 4 is 29.5 Å². The molecule has 216 valence electrons. The summed E-state index contributed by atoms with van der Waals surface area (Å²) in [5.41, 5.74) is 6.42. The molecule has 3 atom stereocenters. The summed E-state index contributed by atoms with van der Waals surface area (Å²) in [7, 11) is 0. The summed E-state index contributed by atoms with van der Waals surface area (Å²) in [4.78, 5) is 60.3. The molecule has 0 radical (unpaired) electrons. The Morgan fingerprint density at radius 3 is 2.39 bits per heavy atom. The van der Waals surface area contributed by atoms with Gasteiger partial charge in [0.15, 0.2) is 5.82 Å². The maximum absolute atomic E-state index is 13.7. The maximum atomic E-state index is 13.7. The van der Waals surface area contributed by atoms with Crippen LogP contribution in [0.25, 0.3) is 0 Å². The molecule has 1 aromatic heterocycles. The van der Waals surface area contributed by atoms with Gasteiger partial charge in [-0.3, -0.25) is 14.4 Å². The number of H-pyrrole nitrogens is 1. The molecule has 6 N–H and O–H groups in total. The van der Waals surface area contributed by atoms with Crippen LogP contribution >= 0.6 is 0 Å². The zero-order valence-electron chi connectivity index (χ0n) is 23.2. The van der Waals surface area contributed by atoms with Gasteiger partial charge in [0.05, 0.1) is 5.54 Å². The second kappa shape index (κ2) is 12.8. The Morgan fingerprint density at radius 2 is 1.76 bits per heavy atom. The number of amides is 3. The van der Waals surface area contributed by atoms with Crippen molar-refractivity contribution < 1.29 is 24.3 Å². The molecule has 1 aliphatic heterocycles. The number of carbonyl (C=O) groups is 4. The molecular weight excluding hydrogens is 524 g/mol. The molecule has 11 heteroatoms. The molecule has 0 aliphatic carbocycles. The first-order valence-electron chi connectivity index (χ1n) is 13.6. The van der Waals surface area contributed by atoms with E-state index < -0.39 is 41.3 Å². The van der Waals surface area contributed by atoms with Crippen molar-refractivity contribution in [1.82, 2.24) is 20.2 Å². The summed E-state index contributed by atoms with van der Waals surface area (Å²) in [6, 6.07) is 16.8. The average molecular weight is 561 g/mol. The first-order chi connectivity index (χ1) is 19.5. The average Bonchev–Trinajstić information content (AvgIpc) is 3.62. The van der Waals surface area contributed by atoms with Crippen LogP contribution in [0.3, 0.4) is 0 Å². The number of nitrogens with two attached hydrogens (primary N) is 1. The minimum Gasteiger partial charge on any atom is -0.480 e. The van der Waals surface area contributed by atoms with E-state index >= 15 is 0 Å². The van der Waals surface area contributed by atoms with E-state index in [4.69, 9.17) is 5.73 Å². The number of carbonyl (C=O) groups excluding carboxylic acids is 3. The van der Waals surface area contributed by atoms with E-state index in [9.17, 15) is 24.3 Å². The lowest BCUT2D eigenvalue weighted by Crippen LogP contribution is -2.55. The van der Waals surface area contributed by atoms with Crippen LogP contribution in [-0.2, 0) is 25.6 Å². The Balaban J connectivity index is 1.55. The van der Waals surface area contributed by atoms with Crippen molar-refractivity contribution in [2.24, 2.45) is 5.73 Å². The number of aliphatic carboxylic acids is 1. The number of benzene rings is 2. The molecule has 4 rings (SSSR count). The van der Waals surface area contributed by atoms with E-state index in [1.54, 1.807) is 38.1 Å². The number of hydrogen-bond donors (Lipinski definition) is 5. The highest BCUT2D eigenvalue weighted by Crippen LogP contribution is 2.29. The minimum absolute atomic E-state index is 0.168. The highest BCUT2D eigenvalue weighted by atomic mass is 16.4. The SMILES string of the molecule is CC(C)(N)C(=O)NC(CCc1ccccc1)C(=O)Nc1c[nH]c(C(C(=O)N2CCCC2C(=O)O)c2ccccc2)n1. The van der Waals surface area contributed by atoms with E-state index in [1.807, 2.05) is 36.4 Å². The molecule has 11 nitrogen and oxygen atoms in total. The molecule has 0 bridgehead atoms. The minimum atomic E-state index is -1.18. The van der Waals surface area contributed by atoms with E-state index in [2.05, 4.69) is 20.6 Å². The molecule has 1 aliphatic rings. The second-order valence-corrected chi connectivity index (χ2v) is 10.8. The number of hydrogen-bond acceptors (Lipinski definition) is 6. The normalized spacial score (nSPS) is 16.6. The van der Waals surface area contributed by atoms with Crippen LogP contribution in [0.2, 0.25) is 0 Å². The number of carboxylic acids is 1. The first-order valence-corrected chi connectivity index (χ1v) is 13.6. The van der Waals surface area contributed by atoms with Crippen LogP contribution in [0.4, 0.5) is 5.82 Å². The van der Waals surface area contributed by atoms with E-state index in [-0.39, 0.29) is 17.5 Å². The van der Waals surface area contributed by atoms with Gasteiger partial charge >= 0.3 is 5.97 Å². The summed E-state index contributed by atoms with van der Waals surface area (Å²) in [6.07, 6.45) is 3.32.